The Bertz CT molecular complexity index is 424. The summed E-state index contributed by atoms with van der Waals surface area (Å²) in [4.78, 5) is 23.4. The van der Waals surface area contributed by atoms with Crippen molar-refractivity contribution in [1.82, 2.24) is 0 Å². The van der Waals surface area contributed by atoms with Gasteiger partial charge in [0.05, 0.1) is 7.11 Å². The number of hydrogen-bond acceptors (Lipinski definition) is 4. The van der Waals surface area contributed by atoms with Crippen LogP contribution < -0.4 is 0 Å². The second-order valence-electron chi connectivity index (χ2n) is 6.30. The van der Waals surface area contributed by atoms with Gasteiger partial charge in [0.2, 0.25) is 5.67 Å². The number of halogens is 4. The van der Waals surface area contributed by atoms with Gasteiger partial charge < -0.3 is 9.47 Å². The van der Waals surface area contributed by atoms with Crippen LogP contribution in [0.2, 0.25) is 0 Å². The normalized spacial score (nSPS) is 18.1. The van der Waals surface area contributed by atoms with Gasteiger partial charge in [-0.1, -0.05) is 6.92 Å². The molecular formula is C14H22F4O4. The monoisotopic (exact) mass is 330 g/mol. The Balaban J connectivity index is 5.84. The predicted molar refractivity (Wildman–Crippen MR) is 70.8 cm³/mol. The molecule has 0 bridgehead atoms. The summed E-state index contributed by atoms with van der Waals surface area (Å²) in [6.07, 6.45) is -7.24. The highest BCUT2D eigenvalue weighted by Gasteiger charge is 2.64. The average Bonchev–Trinajstić information content (AvgIpc) is 2.30. The highest BCUT2D eigenvalue weighted by Crippen LogP contribution is 2.49. The van der Waals surface area contributed by atoms with Crippen molar-refractivity contribution in [3.8, 4) is 0 Å². The molecule has 0 aliphatic rings. The standard InChI is InChI=1S/C14H22F4O4/c1-7-13(14(16,17)18,10(20)22-11(2,3)4)8-12(5,15)9(19)21-6/h7-8H2,1-6H3. The molecule has 0 N–H and O–H groups in total. The molecular weight excluding hydrogens is 308 g/mol. The molecule has 0 amide bonds. The Morgan fingerprint density at radius 3 is 1.68 bits per heavy atom. The molecule has 2 unspecified atom stereocenters. The molecule has 8 heteroatoms. The number of carbonyl (C=O) groups excluding carboxylic acids is 2. The van der Waals surface area contributed by atoms with E-state index in [1.807, 2.05) is 0 Å². The van der Waals surface area contributed by atoms with Crippen molar-refractivity contribution in [3.05, 3.63) is 0 Å². The number of rotatable bonds is 5. The number of esters is 2. The summed E-state index contributed by atoms with van der Waals surface area (Å²) >= 11 is 0. The molecule has 0 fully saturated rings. The second kappa shape index (κ2) is 6.42. The van der Waals surface area contributed by atoms with Gasteiger partial charge in [-0.15, -0.1) is 0 Å². The maximum absolute atomic E-state index is 14.3. The average molecular weight is 330 g/mol. The summed E-state index contributed by atoms with van der Waals surface area (Å²) in [5.74, 6) is -3.08. The molecule has 0 aliphatic carbocycles. The van der Waals surface area contributed by atoms with Gasteiger partial charge >= 0.3 is 18.1 Å². The van der Waals surface area contributed by atoms with Gasteiger partial charge in [0.15, 0.2) is 5.41 Å². The third-order valence-electron chi connectivity index (χ3n) is 3.18. The lowest BCUT2D eigenvalue weighted by Crippen LogP contribution is -2.52. The van der Waals surface area contributed by atoms with Crippen LogP contribution in [0.3, 0.4) is 0 Å². The number of methoxy groups -OCH3 is 1. The predicted octanol–water partition coefficient (Wildman–Crippen LogP) is 3.58. The van der Waals surface area contributed by atoms with E-state index in [1.165, 1.54) is 20.8 Å². The Morgan fingerprint density at radius 2 is 1.41 bits per heavy atom. The van der Waals surface area contributed by atoms with Gasteiger partial charge in [0.1, 0.15) is 5.60 Å². The molecule has 22 heavy (non-hydrogen) atoms. The molecule has 0 spiro atoms. The maximum atomic E-state index is 14.3. The van der Waals surface area contributed by atoms with Crippen LogP contribution in [0.25, 0.3) is 0 Å². The Kier molecular flexibility index (Phi) is 6.03. The van der Waals surface area contributed by atoms with Crippen molar-refractivity contribution < 1.29 is 36.6 Å². The zero-order chi connectivity index (χ0) is 18.0. The molecule has 0 aromatic rings. The summed E-state index contributed by atoms with van der Waals surface area (Å²) in [5, 5.41) is 0. The number of carbonyl (C=O) groups is 2. The van der Waals surface area contributed by atoms with Gasteiger partial charge in [-0.3, -0.25) is 4.79 Å². The fourth-order valence-electron chi connectivity index (χ4n) is 1.99. The first-order valence-corrected chi connectivity index (χ1v) is 6.70. The minimum atomic E-state index is -5.08. The fourth-order valence-corrected chi connectivity index (χ4v) is 1.99. The Morgan fingerprint density at radius 1 is 0.955 bits per heavy atom. The number of ether oxygens (including phenoxy) is 2. The van der Waals surface area contributed by atoms with E-state index in [2.05, 4.69) is 4.74 Å². The van der Waals surface area contributed by atoms with Crippen LogP contribution in [0.15, 0.2) is 0 Å². The summed E-state index contributed by atoms with van der Waals surface area (Å²) in [5.41, 5.74) is -7.28. The Labute approximate surface area is 127 Å². The van der Waals surface area contributed by atoms with E-state index in [0.29, 0.717) is 6.92 Å². The van der Waals surface area contributed by atoms with E-state index in [-0.39, 0.29) is 0 Å². The fraction of sp³-hybridized carbons (Fsp3) is 0.857. The van der Waals surface area contributed by atoms with Crippen molar-refractivity contribution in [2.75, 3.05) is 7.11 Å². The quantitative estimate of drug-likeness (QED) is 0.571. The summed E-state index contributed by atoms with van der Waals surface area (Å²) in [6, 6.07) is 0. The van der Waals surface area contributed by atoms with Crippen molar-refractivity contribution in [2.24, 2.45) is 5.41 Å². The summed E-state index contributed by atoms with van der Waals surface area (Å²) in [7, 11) is 0.856. The number of hydrogen-bond donors (Lipinski definition) is 0. The van der Waals surface area contributed by atoms with Crippen molar-refractivity contribution >= 4 is 11.9 Å². The van der Waals surface area contributed by atoms with Crippen molar-refractivity contribution in [1.29, 1.82) is 0 Å². The van der Waals surface area contributed by atoms with E-state index in [9.17, 15) is 27.2 Å². The molecule has 0 aromatic heterocycles. The highest BCUT2D eigenvalue weighted by molar-refractivity contribution is 5.83. The van der Waals surface area contributed by atoms with Crippen LogP contribution in [-0.4, -0.2) is 36.5 Å². The molecule has 0 radical (unpaired) electrons. The topological polar surface area (TPSA) is 52.6 Å². The lowest BCUT2D eigenvalue weighted by atomic mass is 9.75. The van der Waals surface area contributed by atoms with E-state index in [0.717, 1.165) is 14.0 Å². The SMILES string of the molecule is CCC(CC(C)(F)C(=O)OC)(C(=O)OC(C)(C)C)C(F)(F)F. The Hall–Kier alpha value is -1.34. The van der Waals surface area contributed by atoms with E-state index < -0.39 is 47.6 Å². The number of alkyl halides is 4. The molecule has 0 aromatic carbocycles. The van der Waals surface area contributed by atoms with Gasteiger partial charge in [-0.05, 0) is 34.1 Å². The molecule has 0 saturated heterocycles. The zero-order valence-corrected chi connectivity index (χ0v) is 13.6. The first-order chi connectivity index (χ1) is 9.63. The lowest BCUT2D eigenvalue weighted by molar-refractivity contribution is -0.249. The zero-order valence-electron chi connectivity index (χ0n) is 13.6. The molecule has 0 saturated carbocycles. The van der Waals surface area contributed by atoms with E-state index >= 15 is 0 Å². The van der Waals surface area contributed by atoms with Gasteiger partial charge in [-0.2, -0.15) is 13.2 Å². The van der Waals surface area contributed by atoms with Crippen molar-refractivity contribution in [2.45, 2.75) is 64.9 Å². The van der Waals surface area contributed by atoms with E-state index in [4.69, 9.17) is 4.74 Å². The molecule has 130 valence electrons. The van der Waals surface area contributed by atoms with Crippen LogP contribution in [0.5, 0.6) is 0 Å². The van der Waals surface area contributed by atoms with Crippen LogP contribution in [0.4, 0.5) is 17.6 Å². The van der Waals surface area contributed by atoms with Gasteiger partial charge in [0.25, 0.3) is 0 Å². The summed E-state index contributed by atoms with van der Waals surface area (Å²) < 4.78 is 63.7. The highest BCUT2D eigenvalue weighted by atomic mass is 19.4. The first-order valence-electron chi connectivity index (χ1n) is 6.70. The molecule has 0 rings (SSSR count). The molecule has 2 atom stereocenters. The van der Waals surface area contributed by atoms with Crippen molar-refractivity contribution in [3.63, 3.8) is 0 Å². The molecule has 0 aliphatic heterocycles. The van der Waals surface area contributed by atoms with Crippen LogP contribution in [-0.2, 0) is 19.1 Å². The first kappa shape index (κ1) is 20.7. The van der Waals surface area contributed by atoms with Gasteiger partial charge in [0, 0.05) is 6.42 Å². The van der Waals surface area contributed by atoms with Gasteiger partial charge in [-0.25, -0.2) is 9.18 Å². The molecule has 4 nitrogen and oxygen atoms in total. The summed E-state index contributed by atoms with van der Waals surface area (Å²) in [6.45, 7) is 5.94. The maximum Gasteiger partial charge on any atom is 0.405 e. The van der Waals surface area contributed by atoms with Crippen LogP contribution in [0.1, 0.15) is 47.5 Å². The van der Waals surface area contributed by atoms with E-state index in [1.54, 1.807) is 0 Å². The lowest BCUT2D eigenvalue weighted by Gasteiger charge is -2.37. The third kappa shape index (κ3) is 4.58. The molecule has 0 heterocycles. The third-order valence-corrected chi connectivity index (χ3v) is 3.18. The van der Waals surface area contributed by atoms with Crippen LogP contribution >= 0.6 is 0 Å². The minimum Gasteiger partial charge on any atom is -0.467 e. The van der Waals surface area contributed by atoms with Crippen LogP contribution in [0, 0.1) is 5.41 Å². The minimum absolute atomic E-state index is 0.652. The smallest absolute Gasteiger partial charge is 0.405 e. The largest absolute Gasteiger partial charge is 0.467 e. The second-order valence-corrected chi connectivity index (χ2v) is 6.30.